The van der Waals surface area contributed by atoms with Crippen molar-refractivity contribution in [2.45, 2.75) is 20.4 Å². The van der Waals surface area contributed by atoms with Crippen molar-refractivity contribution >= 4 is 22.8 Å². The number of morpholine rings is 1. The maximum Gasteiger partial charge on any atom is 0.128 e. The Bertz CT molecular complexity index is 590. The summed E-state index contributed by atoms with van der Waals surface area (Å²) < 4.78 is 5.36. The van der Waals surface area contributed by atoms with Crippen LogP contribution in [0.15, 0.2) is 18.3 Å². The van der Waals surface area contributed by atoms with Crippen LogP contribution in [-0.2, 0) is 11.3 Å². The van der Waals surface area contributed by atoms with Crippen LogP contribution in [0, 0.1) is 13.8 Å². The fourth-order valence-electron chi connectivity index (χ4n) is 2.39. The molecule has 0 unspecified atom stereocenters. The summed E-state index contributed by atoms with van der Waals surface area (Å²) in [4.78, 5) is 12.5. The molecule has 0 saturated carbocycles. The molecule has 1 saturated heterocycles. The molecule has 3 rings (SSSR count). The van der Waals surface area contributed by atoms with Gasteiger partial charge in [0, 0.05) is 18.0 Å². The second-order valence-corrected chi connectivity index (χ2v) is 6.39. The molecule has 1 aliphatic heterocycles. The monoisotopic (exact) mass is 304 g/mol. The number of rotatable bonds is 4. The van der Waals surface area contributed by atoms with Gasteiger partial charge in [0.1, 0.15) is 5.82 Å². The standard InChI is InChI=1S/C15H20N4OS/c1-11-14(21-12(2)18-11)10-16-13-3-4-15(17-9-13)19-5-7-20-8-6-19/h3-4,9,16H,5-8,10H2,1-2H3. The Hall–Kier alpha value is -1.66. The van der Waals surface area contributed by atoms with Crippen LogP contribution < -0.4 is 10.2 Å². The molecule has 6 heteroatoms. The molecule has 2 aromatic rings. The van der Waals surface area contributed by atoms with E-state index in [1.165, 1.54) is 4.88 Å². The number of ether oxygens (including phenoxy) is 1. The molecular weight excluding hydrogens is 284 g/mol. The van der Waals surface area contributed by atoms with Gasteiger partial charge in [-0.2, -0.15) is 0 Å². The Balaban J connectivity index is 1.60. The van der Waals surface area contributed by atoms with Crippen LogP contribution in [-0.4, -0.2) is 36.3 Å². The number of nitrogens with zero attached hydrogens (tertiary/aromatic N) is 3. The van der Waals surface area contributed by atoms with Crippen LogP contribution >= 0.6 is 11.3 Å². The fourth-order valence-corrected chi connectivity index (χ4v) is 3.27. The molecule has 21 heavy (non-hydrogen) atoms. The Morgan fingerprint density at radius 3 is 2.71 bits per heavy atom. The van der Waals surface area contributed by atoms with E-state index in [2.05, 4.69) is 39.2 Å². The zero-order valence-corrected chi connectivity index (χ0v) is 13.2. The smallest absolute Gasteiger partial charge is 0.128 e. The molecule has 1 N–H and O–H groups in total. The van der Waals surface area contributed by atoms with E-state index in [1.807, 2.05) is 13.1 Å². The number of hydrogen-bond acceptors (Lipinski definition) is 6. The van der Waals surface area contributed by atoms with Crippen molar-refractivity contribution in [3.05, 3.63) is 33.9 Å². The Morgan fingerprint density at radius 1 is 1.29 bits per heavy atom. The Morgan fingerprint density at radius 2 is 2.10 bits per heavy atom. The number of aromatic nitrogens is 2. The fraction of sp³-hybridized carbons (Fsp3) is 0.467. The third-order valence-corrected chi connectivity index (χ3v) is 4.61. The predicted molar refractivity (Wildman–Crippen MR) is 86.2 cm³/mol. The molecule has 2 aromatic heterocycles. The zero-order chi connectivity index (χ0) is 14.7. The van der Waals surface area contributed by atoms with Crippen LogP contribution in [0.1, 0.15) is 15.6 Å². The van der Waals surface area contributed by atoms with Crippen LogP contribution in [0.25, 0.3) is 0 Å². The van der Waals surface area contributed by atoms with Crippen LogP contribution in [0.5, 0.6) is 0 Å². The number of pyridine rings is 1. The molecule has 0 radical (unpaired) electrons. The molecule has 5 nitrogen and oxygen atoms in total. The molecule has 3 heterocycles. The third kappa shape index (κ3) is 3.51. The minimum Gasteiger partial charge on any atom is -0.379 e. The quantitative estimate of drug-likeness (QED) is 0.941. The van der Waals surface area contributed by atoms with Crippen LogP contribution in [0.2, 0.25) is 0 Å². The maximum atomic E-state index is 5.36. The minimum absolute atomic E-state index is 0.783. The highest BCUT2D eigenvalue weighted by molar-refractivity contribution is 7.11. The normalized spacial score (nSPS) is 15.2. The number of thiazole rings is 1. The largest absolute Gasteiger partial charge is 0.379 e. The third-order valence-electron chi connectivity index (χ3n) is 3.54. The first-order chi connectivity index (χ1) is 10.2. The highest BCUT2D eigenvalue weighted by Crippen LogP contribution is 2.20. The SMILES string of the molecule is Cc1nc(C)c(CNc2ccc(N3CCOCC3)nc2)s1. The maximum absolute atomic E-state index is 5.36. The Labute approximate surface area is 129 Å². The Kier molecular flexibility index (Phi) is 4.36. The molecule has 1 fully saturated rings. The zero-order valence-electron chi connectivity index (χ0n) is 12.4. The summed E-state index contributed by atoms with van der Waals surface area (Å²) in [6, 6.07) is 4.15. The first-order valence-electron chi connectivity index (χ1n) is 7.18. The topological polar surface area (TPSA) is 50.3 Å². The molecule has 0 atom stereocenters. The molecule has 0 bridgehead atoms. The van der Waals surface area contributed by atoms with Gasteiger partial charge in [0.25, 0.3) is 0 Å². The van der Waals surface area contributed by atoms with Crippen LogP contribution in [0.4, 0.5) is 11.5 Å². The first kappa shape index (κ1) is 14.3. The van der Waals surface area contributed by atoms with E-state index < -0.39 is 0 Å². The first-order valence-corrected chi connectivity index (χ1v) is 7.99. The number of anilines is 2. The minimum atomic E-state index is 0.783. The van der Waals surface area contributed by atoms with E-state index in [1.54, 1.807) is 11.3 Å². The van der Waals surface area contributed by atoms with Crippen molar-refractivity contribution in [3.8, 4) is 0 Å². The van der Waals surface area contributed by atoms with E-state index in [9.17, 15) is 0 Å². The molecule has 0 aromatic carbocycles. The lowest BCUT2D eigenvalue weighted by molar-refractivity contribution is 0.122. The van der Waals surface area contributed by atoms with Gasteiger partial charge in [0.2, 0.25) is 0 Å². The van der Waals surface area contributed by atoms with Gasteiger partial charge in [0.15, 0.2) is 0 Å². The highest BCUT2D eigenvalue weighted by Gasteiger charge is 2.12. The van der Waals surface area contributed by atoms with E-state index in [0.717, 1.165) is 55.1 Å². The summed E-state index contributed by atoms with van der Waals surface area (Å²) in [5.41, 5.74) is 2.15. The number of hydrogen-bond donors (Lipinski definition) is 1. The van der Waals surface area contributed by atoms with Gasteiger partial charge >= 0.3 is 0 Å². The van der Waals surface area contributed by atoms with E-state index in [-0.39, 0.29) is 0 Å². The summed E-state index contributed by atoms with van der Waals surface area (Å²) in [5, 5.41) is 4.53. The molecule has 1 aliphatic rings. The van der Waals surface area contributed by atoms with E-state index in [0.29, 0.717) is 0 Å². The number of nitrogens with one attached hydrogen (secondary N) is 1. The lowest BCUT2D eigenvalue weighted by atomic mass is 10.3. The second-order valence-electron chi connectivity index (χ2n) is 5.10. The van der Waals surface area contributed by atoms with Gasteiger partial charge in [-0.25, -0.2) is 9.97 Å². The van der Waals surface area contributed by atoms with Crippen molar-refractivity contribution in [2.24, 2.45) is 0 Å². The summed E-state index contributed by atoms with van der Waals surface area (Å²) in [6.07, 6.45) is 1.90. The number of aryl methyl sites for hydroxylation is 2. The van der Waals surface area contributed by atoms with Gasteiger partial charge in [-0.3, -0.25) is 0 Å². The molecular formula is C15H20N4OS. The summed E-state index contributed by atoms with van der Waals surface area (Å²) in [7, 11) is 0. The lowest BCUT2D eigenvalue weighted by Crippen LogP contribution is -2.36. The summed E-state index contributed by atoms with van der Waals surface area (Å²) in [6.45, 7) is 8.30. The van der Waals surface area contributed by atoms with Gasteiger partial charge in [-0.15, -0.1) is 11.3 Å². The van der Waals surface area contributed by atoms with Gasteiger partial charge in [-0.05, 0) is 26.0 Å². The lowest BCUT2D eigenvalue weighted by Gasteiger charge is -2.27. The van der Waals surface area contributed by atoms with Crippen molar-refractivity contribution in [1.29, 1.82) is 0 Å². The van der Waals surface area contributed by atoms with Crippen molar-refractivity contribution in [1.82, 2.24) is 9.97 Å². The summed E-state index contributed by atoms with van der Waals surface area (Å²) >= 11 is 1.74. The van der Waals surface area contributed by atoms with E-state index in [4.69, 9.17) is 4.74 Å². The van der Waals surface area contributed by atoms with Gasteiger partial charge in [-0.1, -0.05) is 0 Å². The van der Waals surface area contributed by atoms with Crippen LogP contribution in [0.3, 0.4) is 0 Å². The van der Waals surface area contributed by atoms with Crippen molar-refractivity contribution in [3.63, 3.8) is 0 Å². The van der Waals surface area contributed by atoms with Crippen molar-refractivity contribution in [2.75, 3.05) is 36.5 Å². The highest BCUT2D eigenvalue weighted by atomic mass is 32.1. The predicted octanol–water partition coefficient (Wildman–Crippen LogP) is 2.60. The van der Waals surface area contributed by atoms with Crippen molar-refractivity contribution < 1.29 is 4.74 Å². The summed E-state index contributed by atoms with van der Waals surface area (Å²) in [5.74, 6) is 1.02. The molecule has 112 valence electrons. The second kappa shape index (κ2) is 6.41. The van der Waals surface area contributed by atoms with Gasteiger partial charge < -0.3 is 15.0 Å². The van der Waals surface area contributed by atoms with E-state index >= 15 is 0 Å². The molecule has 0 amide bonds. The molecule has 0 aliphatic carbocycles. The average molecular weight is 304 g/mol. The van der Waals surface area contributed by atoms with Gasteiger partial charge in [0.05, 0.1) is 42.3 Å². The molecule has 0 spiro atoms. The average Bonchev–Trinajstić information content (AvgIpc) is 2.84.